The van der Waals surface area contributed by atoms with Crippen LogP contribution in [0.3, 0.4) is 0 Å². The number of nitrogens with one attached hydrogen (secondary N) is 2. The number of carbonyl (C=O) groups is 3. The van der Waals surface area contributed by atoms with E-state index >= 15 is 0 Å². The van der Waals surface area contributed by atoms with Gasteiger partial charge in [0.2, 0.25) is 0 Å². The Hall–Kier alpha value is -1.83. The number of carbonyl (C=O) groups excluding carboxylic acids is 3. The third-order valence-corrected chi connectivity index (χ3v) is 2.67. The standard InChI is InChI=1S/C9H16N4O4/c10-7(15)8(16)11-12-9(17)13-3-1-6(5-14)2-4-13/h6,14H,1-5H2,(H2,10,15)(H,11,16)(H,12,17). The molecule has 1 fully saturated rings. The Kier molecular flexibility index (Phi) is 4.70. The average molecular weight is 244 g/mol. The van der Waals surface area contributed by atoms with Gasteiger partial charge in [-0.25, -0.2) is 10.2 Å². The molecular formula is C9H16N4O4. The van der Waals surface area contributed by atoms with Crippen LogP contribution < -0.4 is 16.6 Å². The molecule has 0 aromatic rings. The highest BCUT2D eigenvalue weighted by molar-refractivity contribution is 6.34. The number of piperidine rings is 1. The van der Waals surface area contributed by atoms with E-state index in [-0.39, 0.29) is 12.5 Å². The summed E-state index contributed by atoms with van der Waals surface area (Å²) in [5.74, 6) is -2.01. The number of rotatable bonds is 1. The monoisotopic (exact) mass is 244 g/mol. The normalized spacial score (nSPS) is 16.4. The summed E-state index contributed by atoms with van der Waals surface area (Å²) in [5, 5.41) is 8.93. The molecule has 0 saturated carbocycles. The van der Waals surface area contributed by atoms with E-state index in [4.69, 9.17) is 10.8 Å². The van der Waals surface area contributed by atoms with Crippen molar-refractivity contribution in [1.82, 2.24) is 15.8 Å². The molecule has 0 radical (unpaired) electrons. The van der Waals surface area contributed by atoms with Crippen LogP contribution in [-0.4, -0.2) is 47.5 Å². The summed E-state index contributed by atoms with van der Waals surface area (Å²) in [6.45, 7) is 1.13. The van der Waals surface area contributed by atoms with Crippen molar-refractivity contribution in [2.75, 3.05) is 19.7 Å². The quantitative estimate of drug-likeness (QED) is 0.312. The first-order chi connectivity index (χ1) is 8.04. The van der Waals surface area contributed by atoms with Crippen LogP contribution >= 0.6 is 0 Å². The fraction of sp³-hybridized carbons (Fsp3) is 0.667. The summed E-state index contributed by atoms with van der Waals surface area (Å²) in [5.41, 5.74) is 8.68. The minimum atomic E-state index is -1.16. The van der Waals surface area contributed by atoms with Crippen molar-refractivity contribution in [1.29, 1.82) is 0 Å². The number of amides is 4. The number of nitrogens with two attached hydrogens (primary N) is 1. The number of hydrogen-bond donors (Lipinski definition) is 4. The molecule has 1 heterocycles. The second-order valence-electron chi connectivity index (χ2n) is 3.86. The lowest BCUT2D eigenvalue weighted by Gasteiger charge is -2.30. The Bertz CT molecular complexity index is 312. The summed E-state index contributed by atoms with van der Waals surface area (Å²) in [6.07, 6.45) is 1.43. The van der Waals surface area contributed by atoms with Gasteiger partial charge < -0.3 is 15.7 Å². The van der Waals surface area contributed by atoms with E-state index in [1.54, 1.807) is 0 Å². The third-order valence-electron chi connectivity index (χ3n) is 2.67. The third kappa shape index (κ3) is 3.91. The number of aliphatic hydroxyl groups is 1. The largest absolute Gasteiger partial charge is 0.396 e. The minimum absolute atomic E-state index is 0.119. The molecule has 96 valence electrons. The van der Waals surface area contributed by atoms with Gasteiger partial charge in [-0.1, -0.05) is 0 Å². The predicted octanol–water partition coefficient (Wildman–Crippen LogP) is -2.08. The molecule has 0 aliphatic carbocycles. The minimum Gasteiger partial charge on any atom is -0.396 e. The molecule has 0 unspecified atom stereocenters. The number of primary amides is 1. The highest BCUT2D eigenvalue weighted by atomic mass is 16.3. The Morgan fingerprint density at radius 3 is 2.29 bits per heavy atom. The molecule has 1 saturated heterocycles. The first-order valence-corrected chi connectivity index (χ1v) is 5.30. The van der Waals surface area contributed by atoms with E-state index in [1.807, 2.05) is 5.43 Å². The Morgan fingerprint density at radius 1 is 1.24 bits per heavy atom. The molecule has 0 spiro atoms. The van der Waals surface area contributed by atoms with Crippen molar-refractivity contribution >= 4 is 17.8 Å². The van der Waals surface area contributed by atoms with Crippen molar-refractivity contribution in [3.63, 3.8) is 0 Å². The van der Waals surface area contributed by atoms with Crippen LogP contribution in [-0.2, 0) is 9.59 Å². The predicted molar refractivity (Wildman–Crippen MR) is 57.3 cm³/mol. The van der Waals surface area contributed by atoms with Crippen LogP contribution in [0.15, 0.2) is 0 Å². The Balaban J connectivity index is 2.29. The maximum absolute atomic E-state index is 11.5. The number of hydrazine groups is 1. The zero-order chi connectivity index (χ0) is 12.8. The number of aliphatic hydroxyl groups excluding tert-OH is 1. The van der Waals surface area contributed by atoms with E-state index in [2.05, 4.69) is 5.43 Å². The van der Waals surface area contributed by atoms with E-state index in [0.717, 1.165) is 0 Å². The molecule has 17 heavy (non-hydrogen) atoms. The van der Waals surface area contributed by atoms with Gasteiger partial charge in [0.25, 0.3) is 0 Å². The maximum atomic E-state index is 11.5. The van der Waals surface area contributed by atoms with E-state index in [1.165, 1.54) is 4.90 Å². The SMILES string of the molecule is NC(=O)C(=O)NNC(=O)N1CCC(CO)CC1. The first-order valence-electron chi connectivity index (χ1n) is 5.30. The maximum Gasteiger partial charge on any atom is 0.336 e. The molecule has 1 aliphatic heterocycles. The van der Waals surface area contributed by atoms with Gasteiger partial charge in [-0.05, 0) is 18.8 Å². The fourth-order valence-corrected chi connectivity index (χ4v) is 1.57. The van der Waals surface area contributed by atoms with Crippen LogP contribution in [0, 0.1) is 5.92 Å². The molecule has 5 N–H and O–H groups in total. The van der Waals surface area contributed by atoms with Crippen LogP contribution in [0.1, 0.15) is 12.8 Å². The Morgan fingerprint density at radius 2 is 1.82 bits per heavy atom. The topological polar surface area (TPSA) is 125 Å². The second-order valence-corrected chi connectivity index (χ2v) is 3.86. The van der Waals surface area contributed by atoms with Gasteiger partial charge in [-0.3, -0.25) is 15.0 Å². The van der Waals surface area contributed by atoms with Gasteiger partial charge in [-0.2, -0.15) is 0 Å². The van der Waals surface area contributed by atoms with Crippen LogP contribution in [0.5, 0.6) is 0 Å². The highest BCUT2D eigenvalue weighted by Gasteiger charge is 2.22. The highest BCUT2D eigenvalue weighted by Crippen LogP contribution is 2.15. The summed E-state index contributed by atoms with van der Waals surface area (Å²) >= 11 is 0. The molecule has 1 aliphatic rings. The molecule has 0 atom stereocenters. The van der Waals surface area contributed by atoms with Crippen LogP contribution in [0.2, 0.25) is 0 Å². The zero-order valence-electron chi connectivity index (χ0n) is 9.31. The molecule has 0 aromatic heterocycles. The van der Waals surface area contributed by atoms with Crippen molar-refractivity contribution in [3.8, 4) is 0 Å². The lowest BCUT2D eigenvalue weighted by molar-refractivity contribution is -0.137. The van der Waals surface area contributed by atoms with Gasteiger partial charge >= 0.3 is 17.8 Å². The molecule has 0 bridgehead atoms. The van der Waals surface area contributed by atoms with Crippen molar-refractivity contribution in [3.05, 3.63) is 0 Å². The lowest BCUT2D eigenvalue weighted by atomic mass is 9.98. The van der Waals surface area contributed by atoms with E-state index in [0.29, 0.717) is 25.9 Å². The summed E-state index contributed by atoms with van der Waals surface area (Å²) in [7, 11) is 0. The van der Waals surface area contributed by atoms with Crippen molar-refractivity contribution < 1.29 is 19.5 Å². The second kappa shape index (κ2) is 6.04. The first kappa shape index (κ1) is 13.2. The summed E-state index contributed by atoms with van der Waals surface area (Å²) in [4.78, 5) is 34.2. The summed E-state index contributed by atoms with van der Waals surface area (Å²) < 4.78 is 0. The number of urea groups is 1. The number of hydrogen-bond acceptors (Lipinski definition) is 4. The van der Waals surface area contributed by atoms with Gasteiger partial charge in [0.05, 0.1) is 0 Å². The number of nitrogens with zero attached hydrogens (tertiary/aromatic N) is 1. The molecule has 4 amide bonds. The van der Waals surface area contributed by atoms with E-state index < -0.39 is 17.8 Å². The zero-order valence-corrected chi connectivity index (χ0v) is 9.31. The summed E-state index contributed by atoms with van der Waals surface area (Å²) in [6, 6.07) is -0.490. The molecule has 8 nitrogen and oxygen atoms in total. The smallest absolute Gasteiger partial charge is 0.336 e. The fourth-order valence-electron chi connectivity index (χ4n) is 1.57. The van der Waals surface area contributed by atoms with E-state index in [9.17, 15) is 14.4 Å². The van der Waals surface area contributed by atoms with Gasteiger partial charge in [0.15, 0.2) is 0 Å². The van der Waals surface area contributed by atoms with Crippen LogP contribution in [0.25, 0.3) is 0 Å². The van der Waals surface area contributed by atoms with Crippen molar-refractivity contribution in [2.45, 2.75) is 12.8 Å². The van der Waals surface area contributed by atoms with Crippen LogP contribution in [0.4, 0.5) is 4.79 Å². The molecule has 8 heteroatoms. The van der Waals surface area contributed by atoms with Gasteiger partial charge in [0.1, 0.15) is 0 Å². The Labute approximate surface area is 98.1 Å². The van der Waals surface area contributed by atoms with Crippen molar-refractivity contribution in [2.24, 2.45) is 11.7 Å². The average Bonchev–Trinajstić information content (AvgIpc) is 2.35. The van der Waals surface area contributed by atoms with Gasteiger partial charge in [-0.15, -0.1) is 0 Å². The molecule has 1 rings (SSSR count). The molecular weight excluding hydrogens is 228 g/mol. The number of likely N-dealkylation sites (tertiary alicyclic amines) is 1. The molecule has 0 aromatic carbocycles. The van der Waals surface area contributed by atoms with Gasteiger partial charge in [0, 0.05) is 19.7 Å². The lowest BCUT2D eigenvalue weighted by Crippen LogP contribution is -2.53.